The van der Waals surface area contributed by atoms with E-state index in [9.17, 15) is 19.0 Å². The summed E-state index contributed by atoms with van der Waals surface area (Å²) in [6.07, 6.45) is 126. The van der Waals surface area contributed by atoms with E-state index in [0.29, 0.717) is 12.8 Å². The van der Waals surface area contributed by atoms with Crippen LogP contribution in [0.2, 0.25) is 0 Å². The number of hydrogen-bond acceptors (Lipinski definition) is 8. The van der Waals surface area contributed by atoms with Crippen LogP contribution in [0.1, 0.15) is 245 Å². The molecule has 0 saturated carbocycles. The number of nitrogens with two attached hydrogens (primary N) is 1. The molecule has 9 nitrogen and oxygen atoms in total. The van der Waals surface area contributed by atoms with Gasteiger partial charge in [0.25, 0.3) is 0 Å². The highest BCUT2D eigenvalue weighted by molar-refractivity contribution is 7.47. The normalized spacial score (nSPS) is 14.4. The highest BCUT2D eigenvalue weighted by Crippen LogP contribution is 2.43. The zero-order chi connectivity index (χ0) is 70.0. The number of phosphoric ester groups is 1. The summed E-state index contributed by atoms with van der Waals surface area (Å²) in [5, 5.41) is 0. The van der Waals surface area contributed by atoms with Gasteiger partial charge in [0.1, 0.15) is 6.61 Å². The minimum Gasteiger partial charge on any atom is -0.462 e. The van der Waals surface area contributed by atoms with E-state index in [4.69, 9.17) is 24.3 Å². The molecule has 2 atom stereocenters. The lowest BCUT2D eigenvalue weighted by atomic mass is 10.1. The quantitative estimate of drug-likeness (QED) is 0.0264. The molecule has 0 aromatic carbocycles. The van der Waals surface area contributed by atoms with Gasteiger partial charge in [-0.1, -0.05) is 314 Å². The predicted molar refractivity (Wildman–Crippen MR) is 421 cm³/mol. The average molecular weight is 1350 g/mol. The van der Waals surface area contributed by atoms with E-state index in [2.05, 4.69) is 269 Å². The molecule has 3 N–H and O–H groups in total. The van der Waals surface area contributed by atoms with Crippen molar-refractivity contribution in [2.24, 2.45) is 5.73 Å². The predicted octanol–water partition coefficient (Wildman–Crippen LogP) is 25.3. The van der Waals surface area contributed by atoms with Crippen molar-refractivity contribution in [1.82, 2.24) is 0 Å². The summed E-state index contributed by atoms with van der Waals surface area (Å²) in [7, 11) is -4.43. The highest BCUT2D eigenvalue weighted by atomic mass is 31.2. The second kappa shape index (κ2) is 78.5. The van der Waals surface area contributed by atoms with E-state index in [-0.39, 0.29) is 32.6 Å². The molecule has 0 aliphatic carbocycles. The van der Waals surface area contributed by atoms with Crippen LogP contribution in [0, 0.1) is 0 Å². The zero-order valence-electron chi connectivity index (χ0n) is 60.4. The Kier molecular flexibility index (Phi) is 73.3. The Morgan fingerprint density at radius 2 is 0.536 bits per heavy atom. The molecule has 0 aromatic heterocycles. The molecule has 0 rings (SSSR count). The summed E-state index contributed by atoms with van der Waals surface area (Å²) in [5.74, 6) is -0.891. The van der Waals surface area contributed by atoms with Crippen LogP contribution in [0.4, 0.5) is 0 Å². The molecule has 10 heteroatoms. The number of rotatable bonds is 66. The van der Waals surface area contributed by atoms with Crippen LogP contribution >= 0.6 is 7.82 Å². The van der Waals surface area contributed by atoms with Crippen molar-refractivity contribution in [1.29, 1.82) is 0 Å². The minimum absolute atomic E-state index is 0.0335. The van der Waals surface area contributed by atoms with Crippen LogP contribution in [-0.2, 0) is 32.7 Å². The van der Waals surface area contributed by atoms with Crippen LogP contribution in [0.15, 0.2) is 255 Å². The van der Waals surface area contributed by atoms with Gasteiger partial charge in [-0.05, 0) is 173 Å². The number of unbranched alkanes of at least 4 members (excludes halogenated alkanes) is 11. The Morgan fingerprint density at radius 1 is 0.309 bits per heavy atom. The number of carbonyl (C=O) groups excluding carboxylic acids is 2. The number of allylic oxidation sites excluding steroid dienone is 42. The first kappa shape index (κ1) is 90.5. The molecule has 97 heavy (non-hydrogen) atoms. The second-order valence-electron chi connectivity index (χ2n) is 23.3. The van der Waals surface area contributed by atoms with Gasteiger partial charge in [0.2, 0.25) is 0 Å². The van der Waals surface area contributed by atoms with Gasteiger partial charge in [0, 0.05) is 19.4 Å². The van der Waals surface area contributed by atoms with E-state index >= 15 is 0 Å². The van der Waals surface area contributed by atoms with Crippen molar-refractivity contribution in [3.05, 3.63) is 255 Å². The largest absolute Gasteiger partial charge is 0.472 e. The fraction of sp³-hybridized carbons (Fsp3) is 0.494. The van der Waals surface area contributed by atoms with Crippen LogP contribution in [0.3, 0.4) is 0 Å². The van der Waals surface area contributed by atoms with Gasteiger partial charge in [0.15, 0.2) is 6.10 Å². The highest BCUT2D eigenvalue weighted by Gasteiger charge is 2.26. The molecule has 0 aromatic rings. The summed E-state index contributed by atoms with van der Waals surface area (Å²) in [4.78, 5) is 35.4. The number of phosphoric acid groups is 1. The lowest BCUT2D eigenvalue weighted by molar-refractivity contribution is -0.161. The van der Waals surface area contributed by atoms with Crippen LogP contribution in [-0.4, -0.2) is 49.3 Å². The van der Waals surface area contributed by atoms with Crippen molar-refractivity contribution < 1.29 is 37.6 Å². The Morgan fingerprint density at radius 3 is 0.794 bits per heavy atom. The van der Waals surface area contributed by atoms with E-state index in [0.717, 1.165) is 199 Å². The van der Waals surface area contributed by atoms with Crippen molar-refractivity contribution >= 4 is 19.8 Å². The maximum atomic E-state index is 12.8. The fourth-order valence-corrected chi connectivity index (χ4v) is 9.79. The third kappa shape index (κ3) is 78.4. The number of ether oxygens (including phenoxy) is 2. The SMILES string of the molecule is CC/C=C\C/C=C\C/C=C\C/C=C\C/C=C\C/C=C\C/C=C\C/C=C\C/C=C\C/C=C\C/C=C\CCCCCCCCCC(=O)OC(COC(=O)CCCCCC/C=C\C/C=C\C/C=C\C/C=C\C/C=C\C/C=C\C/C=C\C/C=C\C/C=C\C/C=C\CC)COP(=O)(O)OCCN. The molecule has 0 aliphatic rings. The van der Waals surface area contributed by atoms with Gasteiger partial charge in [-0.15, -0.1) is 0 Å². The van der Waals surface area contributed by atoms with Crippen molar-refractivity contribution in [2.45, 2.75) is 251 Å². The molecule has 0 heterocycles. The molecule has 0 bridgehead atoms. The van der Waals surface area contributed by atoms with Crippen molar-refractivity contribution in [2.75, 3.05) is 26.4 Å². The van der Waals surface area contributed by atoms with E-state index in [1.807, 2.05) is 0 Å². The lowest BCUT2D eigenvalue weighted by Gasteiger charge is -2.19. The maximum absolute atomic E-state index is 12.8. The molecule has 0 amide bonds. The van der Waals surface area contributed by atoms with E-state index in [1.54, 1.807) is 0 Å². The molecular weight excluding hydrogens is 1220 g/mol. The second-order valence-corrected chi connectivity index (χ2v) is 24.8. The summed E-state index contributed by atoms with van der Waals surface area (Å²) in [6.45, 7) is 3.44. The molecule has 2 unspecified atom stereocenters. The van der Waals surface area contributed by atoms with Gasteiger partial charge >= 0.3 is 19.8 Å². The Labute approximate surface area is 592 Å². The average Bonchev–Trinajstić information content (AvgIpc) is 2.57. The van der Waals surface area contributed by atoms with Gasteiger partial charge in [-0.2, -0.15) is 0 Å². The molecular formula is C87H132NO8P. The third-order valence-corrected chi connectivity index (χ3v) is 15.4. The van der Waals surface area contributed by atoms with Crippen LogP contribution in [0.5, 0.6) is 0 Å². The first-order valence-corrected chi connectivity index (χ1v) is 38.7. The first-order valence-electron chi connectivity index (χ1n) is 37.2. The fourth-order valence-electron chi connectivity index (χ4n) is 9.02. The summed E-state index contributed by atoms with van der Waals surface area (Å²) >= 11 is 0. The van der Waals surface area contributed by atoms with Crippen molar-refractivity contribution in [3.8, 4) is 0 Å². The summed E-state index contributed by atoms with van der Waals surface area (Å²) in [6, 6.07) is 0. The maximum Gasteiger partial charge on any atom is 0.472 e. The molecule has 538 valence electrons. The number of esters is 2. The summed E-state index contributed by atoms with van der Waals surface area (Å²) < 4.78 is 33.2. The zero-order valence-corrected chi connectivity index (χ0v) is 61.3. The van der Waals surface area contributed by atoms with Gasteiger partial charge in [-0.25, -0.2) is 4.57 Å². The van der Waals surface area contributed by atoms with Gasteiger partial charge < -0.3 is 20.1 Å². The van der Waals surface area contributed by atoms with Gasteiger partial charge in [0.05, 0.1) is 13.2 Å². The topological polar surface area (TPSA) is 134 Å². The lowest BCUT2D eigenvalue weighted by Crippen LogP contribution is -2.29. The number of carbonyl (C=O) groups is 2. The molecule has 0 saturated heterocycles. The van der Waals surface area contributed by atoms with E-state index < -0.39 is 32.5 Å². The van der Waals surface area contributed by atoms with E-state index in [1.165, 1.54) is 6.42 Å². The van der Waals surface area contributed by atoms with Crippen LogP contribution < -0.4 is 5.73 Å². The number of hydrogen-bond donors (Lipinski definition) is 2. The third-order valence-electron chi connectivity index (χ3n) is 14.4. The van der Waals surface area contributed by atoms with Crippen LogP contribution in [0.25, 0.3) is 0 Å². The summed E-state index contributed by atoms with van der Waals surface area (Å²) in [5.41, 5.74) is 5.40. The Balaban J connectivity index is 4.07. The molecule has 0 spiro atoms. The molecule has 0 fully saturated rings. The van der Waals surface area contributed by atoms with Gasteiger partial charge in [-0.3, -0.25) is 18.6 Å². The minimum atomic E-state index is -4.43. The standard InChI is InChI=1S/C87H132NO8P/c1-3-5-7-9-11-13-15-17-19-21-23-25-27-29-31-33-35-37-39-40-41-42-43-44-46-48-50-52-54-56-58-60-62-64-66-68-70-72-74-76-78-80-87(90)96-85(84-95-97(91,92)94-82-81-88)83-93-86(89)79-77-75-73-71-69-67-65-63-61-59-57-55-53-51-49-47-45-38-36-34-32-30-28-26-24-22-20-18-16-14-12-10-8-6-4-2/h5-8,11-14,17-20,23-26,29-32,35-38,40-41,43-44,47-50,53-56,59-62,65,67,85H,3-4,9-10,15-16,21-22,27-28,33-34,39,42,45-46,51-52,57-58,63-64,66,68-84,88H2,1-2H3,(H,91,92)/b7-5-,8-6-,13-11-,14-12-,19-17-,20-18-,25-23-,26-24-,31-29-,32-30-,37-35-,38-36-,41-40-,44-43-,49-47-,50-48-,55-53-,56-54-,61-59-,62-60-,67-65-. The Bertz CT molecular complexity index is 2550. The smallest absolute Gasteiger partial charge is 0.462 e. The Hall–Kier alpha value is -6.45. The monoisotopic (exact) mass is 1350 g/mol. The molecule has 0 radical (unpaired) electrons. The first-order chi connectivity index (χ1) is 47.8. The van der Waals surface area contributed by atoms with Crippen molar-refractivity contribution in [3.63, 3.8) is 0 Å². The molecule has 0 aliphatic heterocycles.